The van der Waals surface area contributed by atoms with Crippen LogP contribution in [0.25, 0.3) is 17.3 Å². The first-order valence-electron chi connectivity index (χ1n) is 7.28. The van der Waals surface area contributed by atoms with Crippen LogP contribution >= 0.6 is 0 Å². The molecule has 1 aliphatic carbocycles. The van der Waals surface area contributed by atoms with Gasteiger partial charge in [-0.05, 0) is 31.5 Å². The Morgan fingerprint density at radius 1 is 0.917 bits per heavy atom. The van der Waals surface area contributed by atoms with Crippen LogP contribution in [-0.2, 0) is 32.6 Å². The third kappa shape index (κ3) is 4.71. The molecule has 2 aromatic carbocycles. The minimum absolute atomic E-state index is 0. The fourth-order valence-electron chi connectivity index (χ4n) is 3.43. The summed E-state index contributed by atoms with van der Waals surface area (Å²) < 4.78 is 0. The van der Waals surface area contributed by atoms with E-state index in [2.05, 4.69) is 69.4 Å². The second-order valence-electron chi connectivity index (χ2n) is 6.04. The first-order valence-corrected chi connectivity index (χ1v) is 9.78. The maximum absolute atomic E-state index is 2.40. The zero-order chi connectivity index (χ0) is 14.3. The summed E-state index contributed by atoms with van der Waals surface area (Å²) in [6.45, 7) is 9.31. The summed E-state index contributed by atoms with van der Waals surface area (Å²) in [4.78, 5) is 0. The van der Waals surface area contributed by atoms with Gasteiger partial charge in [0.25, 0.3) is 0 Å². The molecule has 2 N–H and O–H groups in total. The molecule has 0 amide bonds. The van der Waals surface area contributed by atoms with Crippen LogP contribution in [0, 0.1) is 5.92 Å². The smallest absolute Gasteiger partial charge is 1.00 e. The van der Waals surface area contributed by atoms with Gasteiger partial charge in [-0.3, -0.25) is 0 Å². The molecule has 1 nitrogen and oxygen atoms in total. The summed E-state index contributed by atoms with van der Waals surface area (Å²) in [5.41, 5.74) is 7.39. The van der Waals surface area contributed by atoms with Crippen molar-refractivity contribution in [2.75, 3.05) is 0 Å². The Bertz CT molecular complexity index is 710. The number of hydrogen-bond donors (Lipinski definition) is 0. The van der Waals surface area contributed by atoms with E-state index < -0.39 is 8.41 Å². The van der Waals surface area contributed by atoms with E-state index in [0.717, 1.165) is 6.42 Å². The predicted molar refractivity (Wildman–Crippen MR) is 96.2 cm³/mol. The Kier molecular flexibility index (Phi) is 11.6. The molecule has 24 heavy (non-hydrogen) atoms. The van der Waals surface area contributed by atoms with E-state index in [-0.39, 0.29) is 57.2 Å². The molecule has 126 valence electrons. The van der Waals surface area contributed by atoms with Crippen LogP contribution in [0.3, 0.4) is 0 Å². The van der Waals surface area contributed by atoms with Crippen LogP contribution in [0.15, 0.2) is 42.5 Å². The number of fused-ring (bicyclic) bond motifs is 3. The summed E-state index contributed by atoms with van der Waals surface area (Å²) in [6.07, 6.45) is 1.09. The summed E-state index contributed by atoms with van der Waals surface area (Å²) in [5, 5.41) is 1.61. The molecule has 0 heterocycles. The van der Waals surface area contributed by atoms with Crippen LogP contribution in [0.1, 0.15) is 30.5 Å². The Hall–Kier alpha value is -0.180. The zero-order valence-electron chi connectivity index (χ0n) is 14.6. The third-order valence-electron chi connectivity index (χ3n) is 4.12. The van der Waals surface area contributed by atoms with Crippen LogP contribution in [0.4, 0.5) is 0 Å². The minimum atomic E-state index is -0.453. The Labute approximate surface area is 179 Å². The zero-order valence-corrected chi connectivity index (χ0v) is 19.6. The van der Waals surface area contributed by atoms with Gasteiger partial charge in [0.2, 0.25) is 0 Å². The van der Waals surface area contributed by atoms with Crippen LogP contribution in [-0.4, -0.2) is 13.6 Å². The summed E-state index contributed by atoms with van der Waals surface area (Å²) in [7, 11) is -0.453. The summed E-state index contributed by atoms with van der Waals surface area (Å²) in [6, 6.07) is 15.7. The van der Waals surface area contributed by atoms with Gasteiger partial charge in [-0.25, -0.2) is 11.1 Å². The monoisotopic (exact) mass is 453 g/mol. The molecule has 0 unspecified atom stereocenters. The van der Waals surface area contributed by atoms with Gasteiger partial charge in [0.1, 0.15) is 0 Å². The van der Waals surface area contributed by atoms with E-state index >= 15 is 0 Å². The van der Waals surface area contributed by atoms with Gasteiger partial charge < -0.3 is 31.0 Å². The van der Waals surface area contributed by atoms with Gasteiger partial charge in [0, 0.05) is 0 Å². The van der Waals surface area contributed by atoms with E-state index in [1.54, 1.807) is 5.17 Å². The molecule has 0 saturated heterocycles. The fourth-order valence-corrected chi connectivity index (χ4v) is 5.20. The fraction of sp³-hybridized carbons (Fsp3) is 0.263. The van der Waals surface area contributed by atoms with Gasteiger partial charge in [-0.15, -0.1) is 25.5 Å². The van der Waals surface area contributed by atoms with Crippen molar-refractivity contribution in [2.45, 2.75) is 33.4 Å². The van der Waals surface area contributed by atoms with Crippen molar-refractivity contribution >= 4 is 13.6 Å². The Morgan fingerprint density at radius 3 is 2.08 bits per heavy atom. The van der Waals surface area contributed by atoms with Crippen molar-refractivity contribution in [3.63, 3.8) is 0 Å². The second kappa shape index (κ2) is 10.7. The number of hydrogen-bond acceptors (Lipinski definition) is 0. The molecule has 5 heteroatoms. The molecule has 1 aliphatic rings. The normalized spacial score (nSPS) is 9.83. The topological polar surface area (TPSA) is 33.5 Å². The number of nitrogens with two attached hydrogens (primary N) is 1. The average Bonchev–Trinajstić information content (AvgIpc) is 2.78. The SMILES string of the molecule is C[C-](C)C(c1cccc2c1Cc1ccccc1-2)=[Si](C)C.[Cl-].[Cl-].[NH2-].[Zr+4]. The van der Waals surface area contributed by atoms with E-state index in [1.807, 2.05) is 0 Å². The van der Waals surface area contributed by atoms with Crippen LogP contribution in [0.5, 0.6) is 0 Å². The minimum Gasteiger partial charge on any atom is -1.00 e. The van der Waals surface area contributed by atoms with Crippen LogP contribution in [0.2, 0.25) is 13.1 Å². The molecule has 0 bridgehead atoms. The number of halogens is 2. The average molecular weight is 456 g/mol. The Balaban J connectivity index is 0. The molecule has 0 atom stereocenters. The van der Waals surface area contributed by atoms with Gasteiger partial charge in [-0.1, -0.05) is 49.5 Å². The van der Waals surface area contributed by atoms with Gasteiger partial charge >= 0.3 is 26.2 Å². The van der Waals surface area contributed by atoms with Crippen molar-refractivity contribution in [2.24, 2.45) is 0 Å². The molecular formula is C19H23Cl2NSiZr. The van der Waals surface area contributed by atoms with E-state index in [0.29, 0.717) is 0 Å². The quantitative estimate of drug-likeness (QED) is 0.367. The second-order valence-corrected chi connectivity index (χ2v) is 8.54. The largest absolute Gasteiger partial charge is 4.00 e. The molecule has 0 aliphatic heterocycles. The molecule has 2 aromatic rings. The van der Waals surface area contributed by atoms with Gasteiger partial charge in [-0.2, -0.15) is 5.56 Å². The van der Waals surface area contributed by atoms with E-state index in [4.69, 9.17) is 0 Å². The van der Waals surface area contributed by atoms with Gasteiger partial charge in [0.05, 0.1) is 0 Å². The van der Waals surface area contributed by atoms with Crippen molar-refractivity contribution in [3.8, 4) is 11.1 Å². The molecule has 0 saturated carbocycles. The molecule has 0 radical (unpaired) electrons. The first kappa shape index (κ1) is 26.1. The maximum atomic E-state index is 2.40. The maximum Gasteiger partial charge on any atom is 4.00 e. The number of rotatable bonds is 2. The molecule has 0 fully saturated rings. The molecule has 0 aromatic heterocycles. The first-order chi connectivity index (χ1) is 9.59. The molecule has 3 rings (SSSR count). The summed E-state index contributed by atoms with van der Waals surface area (Å²) >= 11 is 0. The van der Waals surface area contributed by atoms with Gasteiger partial charge in [0.15, 0.2) is 0 Å². The number of benzene rings is 2. The van der Waals surface area contributed by atoms with Crippen molar-refractivity contribution in [3.05, 3.63) is 71.2 Å². The van der Waals surface area contributed by atoms with Crippen molar-refractivity contribution in [1.82, 2.24) is 0 Å². The van der Waals surface area contributed by atoms with E-state index in [9.17, 15) is 0 Å². The third-order valence-corrected chi connectivity index (χ3v) is 5.89. The predicted octanol–water partition coefficient (Wildman–Crippen LogP) is -0.549. The standard InChI is InChI=1S/C19H21Si.2ClH.H2N.Zr/c1-13(2)19(20(3)4)17-11-7-10-16-15-9-6-5-8-14(15)12-18(16)17;;;;/h5-11H,12H2,1-4H3;2*1H;1H2;/q-1;;;-1;+4/p-2. The van der Waals surface area contributed by atoms with Crippen LogP contribution < -0.4 is 24.8 Å². The van der Waals surface area contributed by atoms with Crippen molar-refractivity contribution < 1.29 is 51.0 Å². The van der Waals surface area contributed by atoms with Crippen molar-refractivity contribution in [1.29, 1.82) is 0 Å². The molecule has 0 spiro atoms. The summed E-state index contributed by atoms with van der Waals surface area (Å²) in [5.74, 6) is 1.48. The Morgan fingerprint density at radius 2 is 1.50 bits per heavy atom. The van der Waals surface area contributed by atoms with E-state index in [1.165, 1.54) is 33.7 Å². The molecular weight excluding hydrogens is 432 g/mol.